The molecule has 2 heterocycles. The smallest absolute Gasteiger partial charge is 0.359 e. The quantitative estimate of drug-likeness (QED) is 0.794. The van der Waals surface area contributed by atoms with E-state index < -0.39 is 23.3 Å². The molecule has 3 fully saturated rings. The van der Waals surface area contributed by atoms with Crippen LogP contribution in [0.4, 0.5) is 18.9 Å². The van der Waals surface area contributed by atoms with Gasteiger partial charge in [-0.2, -0.15) is 18.4 Å². The van der Waals surface area contributed by atoms with Crippen LogP contribution in [-0.4, -0.2) is 49.4 Å². The molecule has 166 valence electrons. The Bertz CT molecular complexity index is 928. The Morgan fingerprint density at radius 3 is 2.45 bits per heavy atom. The van der Waals surface area contributed by atoms with Crippen LogP contribution in [0.25, 0.3) is 0 Å². The fourth-order valence-corrected chi connectivity index (χ4v) is 4.92. The number of carbonyl (C=O) groups is 2. The molecule has 1 aromatic carbocycles. The summed E-state index contributed by atoms with van der Waals surface area (Å²) in [5.41, 5.74) is -1.38. The van der Waals surface area contributed by atoms with Crippen molar-refractivity contribution >= 4 is 17.5 Å². The third-order valence-corrected chi connectivity index (χ3v) is 6.88. The molecule has 2 saturated heterocycles. The SMILES string of the molecule is CNC(=O)C1CC2(CCN(C(=O)C3CC3)CC2)CN1c1ccc(C#N)c(C(F)(F)F)c1. The number of alkyl halides is 3. The molecule has 0 bridgehead atoms. The third kappa shape index (κ3) is 4.08. The predicted molar refractivity (Wildman–Crippen MR) is 107 cm³/mol. The van der Waals surface area contributed by atoms with E-state index in [1.807, 2.05) is 4.90 Å². The van der Waals surface area contributed by atoms with Crippen LogP contribution in [-0.2, 0) is 15.8 Å². The van der Waals surface area contributed by atoms with Gasteiger partial charge in [0.05, 0.1) is 17.2 Å². The maximum absolute atomic E-state index is 13.5. The summed E-state index contributed by atoms with van der Waals surface area (Å²) in [5, 5.41) is 11.7. The molecule has 2 aliphatic heterocycles. The van der Waals surface area contributed by atoms with Gasteiger partial charge in [-0.15, -0.1) is 0 Å². The van der Waals surface area contributed by atoms with Crippen LogP contribution in [0.1, 0.15) is 43.2 Å². The average molecular weight is 434 g/mol. The zero-order valence-corrected chi connectivity index (χ0v) is 17.3. The lowest BCUT2D eigenvalue weighted by Gasteiger charge is -2.39. The molecule has 0 aromatic heterocycles. The first-order valence-corrected chi connectivity index (χ1v) is 10.6. The Labute approximate surface area is 179 Å². The number of nitrogens with one attached hydrogen (secondary N) is 1. The van der Waals surface area contributed by atoms with E-state index in [-0.39, 0.29) is 28.8 Å². The van der Waals surface area contributed by atoms with Gasteiger partial charge in [0.2, 0.25) is 11.8 Å². The third-order valence-electron chi connectivity index (χ3n) is 6.88. The van der Waals surface area contributed by atoms with Crippen molar-refractivity contribution in [2.24, 2.45) is 11.3 Å². The van der Waals surface area contributed by atoms with Crippen molar-refractivity contribution in [3.8, 4) is 6.07 Å². The normalized spacial score (nSPS) is 23.0. The summed E-state index contributed by atoms with van der Waals surface area (Å²) in [7, 11) is 1.52. The molecule has 2 amide bonds. The van der Waals surface area contributed by atoms with Crippen molar-refractivity contribution in [3.05, 3.63) is 29.3 Å². The summed E-state index contributed by atoms with van der Waals surface area (Å²) in [6, 6.07) is 4.62. The number of carbonyl (C=O) groups excluding carboxylic acids is 2. The average Bonchev–Trinajstić information content (AvgIpc) is 3.54. The predicted octanol–water partition coefficient (Wildman–Crippen LogP) is 2.92. The van der Waals surface area contributed by atoms with E-state index in [1.54, 1.807) is 11.0 Å². The number of likely N-dealkylation sites (tertiary alicyclic amines) is 1. The van der Waals surface area contributed by atoms with Crippen molar-refractivity contribution in [3.63, 3.8) is 0 Å². The molecule has 0 radical (unpaired) electrons. The van der Waals surface area contributed by atoms with E-state index in [2.05, 4.69) is 5.32 Å². The first-order chi connectivity index (χ1) is 14.7. The Balaban J connectivity index is 1.59. The van der Waals surface area contributed by atoms with E-state index >= 15 is 0 Å². The minimum Gasteiger partial charge on any atom is -0.359 e. The highest BCUT2D eigenvalue weighted by molar-refractivity contribution is 5.86. The Morgan fingerprint density at radius 1 is 1.23 bits per heavy atom. The monoisotopic (exact) mass is 434 g/mol. The van der Waals surface area contributed by atoms with Crippen LogP contribution >= 0.6 is 0 Å². The van der Waals surface area contributed by atoms with Crippen molar-refractivity contribution in [1.82, 2.24) is 10.2 Å². The van der Waals surface area contributed by atoms with E-state index in [9.17, 15) is 22.8 Å². The molecule has 1 aromatic rings. The van der Waals surface area contributed by atoms with Crippen molar-refractivity contribution < 1.29 is 22.8 Å². The van der Waals surface area contributed by atoms with Crippen LogP contribution in [0, 0.1) is 22.7 Å². The summed E-state index contributed by atoms with van der Waals surface area (Å²) < 4.78 is 40.4. The number of likely N-dealkylation sites (N-methyl/N-ethyl adjacent to an activating group) is 1. The first-order valence-electron chi connectivity index (χ1n) is 10.6. The molecule has 1 N–H and O–H groups in total. The lowest BCUT2D eigenvalue weighted by molar-refractivity contribution is -0.137. The maximum atomic E-state index is 13.5. The zero-order chi connectivity index (χ0) is 22.4. The molecule has 31 heavy (non-hydrogen) atoms. The minimum atomic E-state index is -4.66. The van der Waals surface area contributed by atoms with E-state index in [0.29, 0.717) is 26.1 Å². The van der Waals surface area contributed by atoms with Gasteiger partial charge in [0.25, 0.3) is 0 Å². The molecule has 1 saturated carbocycles. The number of amides is 2. The van der Waals surface area contributed by atoms with E-state index in [0.717, 1.165) is 31.7 Å². The van der Waals surface area contributed by atoms with Gasteiger partial charge in [-0.1, -0.05) is 0 Å². The van der Waals surface area contributed by atoms with Gasteiger partial charge in [0.15, 0.2) is 0 Å². The van der Waals surface area contributed by atoms with Crippen LogP contribution < -0.4 is 10.2 Å². The number of nitriles is 1. The Hall–Kier alpha value is -2.76. The lowest BCUT2D eigenvalue weighted by atomic mass is 9.76. The molecular weight excluding hydrogens is 409 g/mol. The minimum absolute atomic E-state index is 0.159. The summed E-state index contributed by atoms with van der Waals surface area (Å²) in [6.07, 6.45) is -0.787. The molecule has 3 aliphatic rings. The Kier molecular flexibility index (Phi) is 5.36. The number of nitrogens with zero attached hydrogens (tertiary/aromatic N) is 3. The highest BCUT2D eigenvalue weighted by Crippen LogP contribution is 2.46. The number of hydrogen-bond donors (Lipinski definition) is 1. The number of halogens is 3. The fraction of sp³-hybridized carbons (Fsp3) is 0.591. The van der Waals surface area contributed by atoms with Gasteiger partial charge < -0.3 is 15.1 Å². The van der Waals surface area contributed by atoms with Gasteiger partial charge in [-0.25, -0.2) is 0 Å². The fourth-order valence-electron chi connectivity index (χ4n) is 4.92. The molecule has 4 rings (SSSR count). The van der Waals surface area contributed by atoms with Gasteiger partial charge in [-0.3, -0.25) is 9.59 Å². The molecule has 6 nitrogen and oxygen atoms in total. The number of piperidine rings is 1. The lowest BCUT2D eigenvalue weighted by Crippen LogP contribution is -2.44. The summed E-state index contributed by atoms with van der Waals surface area (Å²) in [6.45, 7) is 1.68. The molecule has 1 atom stereocenters. The highest BCUT2D eigenvalue weighted by atomic mass is 19.4. The van der Waals surface area contributed by atoms with E-state index in [1.165, 1.54) is 19.2 Å². The highest BCUT2D eigenvalue weighted by Gasteiger charge is 2.49. The van der Waals surface area contributed by atoms with Crippen LogP contribution in [0.2, 0.25) is 0 Å². The van der Waals surface area contributed by atoms with Crippen molar-refractivity contribution in [2.45, 2.75) is 44.3 Å². The van der Waals surface area contributed by atoms with Crippen molar-refractivity contribution in [1.29, 1.82) is 5.26 Å². The molecule has 1 unspecified atom stereocenters. The van der Waals surface area contributed by atoms with Gasteiger partial charge in [-0.05, 0) is 55.7 Å². The summed E-state index contributed by atoms with van der Waals surface area (Å²) >= 11 is 0. The standard InChI is InChI=1S/C22H25F3N4O2/c1-27-19(30)18-11-21(6-8-28(9-7-21)20(31)14-2-3-14)13-29(18)16-5-4-15(12-26)17(10-16)22(23,24)25/h4-5,10,14,18H,2-3,6-9,11,13H2,1H3,(H,27,30). The second kappa shape index (κ2) is 7.74. The molecule has 1 spiro atoms. The van der Waals surface area contributed by atoms with Crippen LogP contribution in [0.15, 0.2) is 18.2 Å². The Morgan fingerprint density at radius 2 is 1.90 bits per heavy atom. The van der Waals surface area contributed by atoms with E-state index in [4.69, 9.17) is 5.26 Å². The first kappa shape index (κ1) is 21.5. The van der Waals surface area contributed by atoms with Gasteiger partial charge in [0.1, 0.15) is 6.04 Å². The second-order valence-corrected chi connectivity index (χ2v) is 8.90. The van der Waals surface area contributed by atoms with Crippen LogP contribution in [0.3, 0.4) is 0 Å². The van der Waals surface area contributed by atoms with Gasteiger partial charge in [0, 0.05) is 38.3 Å². The second-order valence-electron chi connectivity index (χ2n) is 8.90. The largest absolute Gasteiger partial charge is 0.417 e. The molecule has 9 heteroatoms. The van der Waals surface area contributed by atoms with Gasteiger partial charge >= 0.3 is 6.18 Å². The zero-order valence-electron chi connectivity index (χ0n) is 17.3. The molecular formula is C22H25F3N4O2. The summed E-state index contributed by atoms with van der Waals surface area (Å²) in [5.74, 6) is 0.118. The molecule has 1 aliphatic carbocycles. The summed E-state index contributed by atoms with van der Waals surface area (Å²) in [4.78, 5) is 28.6. The maximum Gasteiger partial charge on any atom is 0.417 e. The number of benzene rings is 1. The van der Waals surface area contributed by atoms with Crippen LogP contribution in [0.5, 0.6) is 0 Å². The number of hydrogen-bond acceptors (Lipinski definition) is 4. The van der Waals surface area contributed by atoms with Crippen molar-refractivity contribution in [2.75, 3.05) is 31.6 Å². The topological polar surface area (TPSA) is 76.4 Å². The number of rotatable bonds is 3. The number of anilines is 1.